The summed E-state index contributed by atoms with van der Waals surface area (Å²) < 4.78 is 5.13. The van der Waals surface area contributed by atoms with Crippen LogP contribution in [0.5, 0.6) is 5.75 Å². The molecule has 0 aromatic heterocycles. The molecule has 0 bridgehead atoms. The quantitative estimate of drug-likeness (QED) is 0.875. The molecule has 1 saturated carbocycles. The number of aliphatic hydroxyl groups is 1. The van der Waals surface area contributed by atoms with E-state index >= 15 is 0 Å². The molecule has 0 radical (unpaired) electrons. The van der Waals surface area contributed by atoms with Crippen LogP contribution < -0.4 is 10.1 Å². The fourth-order valence-corrected chi connectivity index (χ4v) is 3.01. The van der Waals surface area contributed by atoms with Crippen molar-refractivity contribution in [3.8, 4) is 5.75 Å². The fourth-order valence-electron chi connectivity index (χ4n) is 3.01. The summed E-state index contributed by atoms with van der Waals surface area (Å²) in [4.78, 5) is 23.4. The summed E-state index contributed by atoms with van der Waals surface area (Å²) >= 11 is 0. The number of methoxy groups -OCH3 is 1. The van der Waals surface area contributed by atoms with Gasteiger partial charge in [-0.15, -0.1) is 0 Å². The van der Waals surface area contributed by atoms with Crippen molar-refractivity contribution in [2.24, 2.45) is 5.92 Å². The van der Waals surface area contributed by atoms with Gasteiger partial charge in [-0.25, -0.2) is 0 Å². The number of rotatable bonds is 4. The van der Waals surface area contributed by atoms with E-state index in [0.717, 1.165) is 11.3 Å². The lowest BCUT2D eigenvalue weighted by atomic mass is 9.73. The van der Waals surface area contributed by atoms with E-state index in [1.165, 1.54) is 6.92 Å². The predicted molar refractivity (Wildman–Crippen MR) is 78.2 cm³/mol. The van der Waals surface area contributed by atoms with Gasteiger partial charge in [0.2, 0.25) is 5.91 Å². The van der Waals surface area contributed by atoms with E-state index in [0.29, 0.717) is 12.8 Å². The summed E-state index contributed by atoms with van der Waals surface area (Å²) in [5.74, 6) is 0.374. The molecule has 0 spiro atoms. The Kier molecular flexibility index (Phi) is 4.96. The molecule has 1 aliphatic carbocycles. The van der Waals surface area contributed by atoms with Gasteiger partial charge in [-0.3, -0.25) is 9.59 Å². The van der Waals surface area contributed by atoms with E-state index in [4.69, 9.17) is 4.74 Å². The summed E-state index contributed by atoms with van der Waals surface area (Å²) in [6.07, 6.45) is 0.696. The highest BCUT2D eigenvalue weighted by Crippen LogP contribution is 2.35. The molecule has 1 amide bonds. The Morgan fingerprint density at radius 1 is 1.33 bits per heavy atom. The maximum absolute atomic E-state index is 11.9. The summed E-state index contributed by atoms with van der Waals surface area (Å²) in [6, 6.07) is 7.27. The number of nitrogens with one attached hydrogen (secondary N) is 1. The molecule has 0 unspecified atom stereocenters. The van der Waals surface area contributed by atoms with Crippen molar-refractivity contribution < 1.29 is 19.4 Å². The molecular formula is C16H21NO4. The summed E-state index contributed by atoms with van der Waals surface area (Å²) in [6.45, 7) is 1.35. The third-order valence-electron chi connectivity index (χ3n) is 4.03. The fraction of sp³-hybridized carbons (Fsp3) is 0.500. The van der Waals surface area contributed by atoms with Gasteiger partial charge in [-0.05, 0) is 17.7 Å². The van der Waals surface area contributed by atoms with E-state index < -0.39 is 0 Å². The molecule has 1 fully saturated rings. The summed E-state index contributed by atoms with van der Waals surface area (Å²) in [5, 5.41) is 12.4. The molecule has 0 aliphatic heterocycles. The maximum atomic E-state index is 11.9. The average molecular weight is 291 g/mol. The van der Waals surface area contributed by atoms with Crippen LogP contribution in [0.1, 0.15) is 31.2 Å². The number of carbonyl (C=O) groups is 2. The third kappa shape index (κ3) is 3.61. The second-order valence-electron chi connectivity index (χ2n) is 5.50. The number of Topliss-reactive ketones (excluding diaryl/α,β-unsaturated/α-hetero) is 1. The van der Waals surface area contributed by atoms with Crippen molar-refractivity contribution in [3.05, 3.63) is 29.8 Å². The standard InChI is InChI=1S/C16H21NO4/c1-10(19)17-16-12(9-18)7-13(20)8-15(16)11-3-5-14(21-2)6-4-11/h3-6,12,15-16,18H,7-9H2,1-2H3,(H,17,19)/t12-,15-,16-/m0/s1. The summed E-state index contributed by atoms with van der Waals surface area (Å²) in [7, 11) is 1.60. The minimum Gasteiger partial charge on any atom is -0.497 e. The van der Waals surface area contributed by atoms with Crippen LogP contribution >= 0.6 is 0 Å². The van der Waals surface area contributed by atoms with Crippen molar-refractivity contribution in [2.75, 3.05) is 13.7 Å². The first-order valence-electron chi connectivity index (χ1n) is 7.08. The van der Waals surface area contributed by atoms with Crippen molar-refractivity contribution in [1.29, 1.82) is 0 Å². The number of aliphatic hydroxyl groups excluding tert-OH is 1. The molecule has 114 valence electrons. The van der Waals surface area contributed by atoms with Crippen LogP contribution in [-0.4, -0.2) is 36.6 Å². The lowest BCUT2D eigenvalue weighted by Crippen LogP contribution is -2.49. The first-order chi connectivity index (χ1) is 10.0. The molecule has 2 rings (SSSR count). The Balaban J connectivity index is 2.29. The highest BCUT2D eigenvalue weighted by molar-refractivity contribution is 5.82. The van der Waals surface area contributed by atoms with Gasteiger partial charge in [0.25, 0.3) is 0 Å². The maximum Gasteiger partial charge on any atom is 0.217 e. The van der Waals surface area contributed by atoms with Crippen LogP contribution in [0.25, 0.3) is 0 Å². The van der Waals surface area contributed by atoms with Crippen LogP contribution in [0.2, 0.25) is 0 Å². The van der Waals surface area contributed by atoms with Crippen molar-refractivity contribution in [1.82, 2.24) is 5.32 Å². The molecule has 2 N–H and O–H groups in total. The van der Waals surface area contributed by atoms with E-state index in [1.807, 2.05) is 24.3 Å². The molecule has 0 heterocycles. The topological polar surface area (TPSA) is 75.6 Å². The number of benzene rings is 1. The molecular weight excluding hydrogens is 270 g/mol. The average Bonchev–Trinajstić information content (AvgIpc) is 2.48. The lowest BCUT2D eigenvalue weighted by molar-refractivity contribution is -0.126. The first-order valence-corrected chi connectivity index (χ1v) is 7.08. The molecule has 5 heteroatoms. The Morgan fingerprint density at radius 3 is 2.52 bits per heavy atom. The van der Waals surface area contributed by atoms with E-state index in [-0.39, 0.29) is 36.2 Å². The zero-order chi connectivity index (χ0) is 15.4. The second kappa shape index (κ2) is 6.72. The Labute approximate surface area is 124 Å². The number of ether oxygens (including phenoxy) is 1. The normalized spacial score (nSPS) is 25.5. The predicted octanol–water partition coefficient (Wildman–Crippen LogP) is 1.25. The highest BCUT2D eigenvalue weighted by atomic mass is 16.5. The number of ketones is 1. The van der Waals surface area contributed by atoms with Crippen LogP contribution in [0.15, 0.2) is 24.3 Å². The number of hydrogen-bond donors (Lipinski definition) is 2. The van der Waals surface area contributed by atoms with Gasteiger partial charge < -0.3 is 15.2 Å². The number of hydrogen-bond acceptors (Lipinski definition) is 4. The van der Waals surface area contributed by atoms with Gasteiger partial charge in [0.15, 0.2) is 0 Å². The molecule has 1 aromatic carbocycles. The molecule has 5 nitrogen and oxygen atoms in total. The monoisotopic (exact) mass is 291 g/mol. The van der Waals surface area contributed by atoms with Crippen molar-refractivity contribution >= 4 is 11.7 Å². The van der Waals surface area contributed by atoms with Gasteiger partial charge >= 0.3 is 0 Å². The van der Waals surface area contributed by atoms with E-state index in [9.17, 15) is 14.7 Å². The summed E-state index contributed by atoms with van der Waals surface area (Å²) in [5.41, 5.74) is 0.973. The zero-order valence-electron chi connectivity index (χ0n) is 12.3. The second-order valence-corrected chi connectivity index (χ2v) is 5.50. The van der Waals surface area contributed by atoms with Gasteiger partial charge in [-0.1, -0.05) is 12.1 Å². The third-order valence-corrected chi connectivity index (χ3v) is 4.03. The van der Waals surface area contributed by atoms with Gasteiger partial charge in [0.05, 0.1) is 7.11 Å². The molecule has 21 heavy (non-hydrogen) atoms. The van der Waals surface area contributed by atoms with Gasteiger partial charge in [0.1, 0.15) is 11.5 Å². The van der Waals surface area contributed by atoms with E-state index in [1.54, 1.807) is 7.11 Å². The van der Waals surface area contributed by atoms with Crippen molar-refractivity contribution in [3.63, 3.8) is 0 Å². The number of carbonyl (C=O) groups excluding carboxylic acids is 2. The van der Waals surface area contributed by atoms with Gasteiger partial charge in [0, 0.05) is 44.2 Å². The smallest absolute Gasteiger partial charge is 0.217 e. The Bertz CT molecular complexity index is 512. The van der Waals surface area contributed by atoms with Crippen LogP contribution in [0.3, 0.4) is 0 Å². The van der Waals surface area contributed by atoms with Crippen LogP contribution in [0, 0.1) is 5.92 Å². The van der Waals surface area contributed by atoms with Crippen LogP contribution in [0.4, 0.5) is 0 Å². The van der Waals surface area contributed by atoms with Crippen molar-refractivity contribution in [2.45, 2.75) is 31.7 Å². The number of amides is 1. The molecule has 3 atom stereocenters. The largest absolute Gasteiger partial charge is 0.497 e. The van der Waals surface area contributed by atoms with Crippen LogP contribution in [-0.2, 0) is 9.59 Å². The minimum absolute atomic E-state index is 0.108. The Morgan fingerprint density at radius 2 is 2.00 bits per heavy atom. The SMILES string of the molecule is COc1ccc([C@@H]2CC(=O)C[C@@H](CO)[C@@H]2NC(C)=O)cc1. The molecule has 1 aliphatic rings. The first kappa shape index (κ1) is 15.5. The molecule has 0 saturated heterocycles. The highest BCUT2D eigenvalue weighted by Gasteiger charge is 2.38. The van der Waals surface area contributed by atoms with Gasteiger partial charge in [-0.2, -0.15) is 0 Å². The molecule has 1 aromatic rings. The zero-order valence-corrected chi connectivity index (χ0v) is 12.3. The minimum atomic E-state index is -0.234. The lowest BCUT2D eigenvalue weighted by Gasteiger charge is -2.37. The van der Waals surface area contributed by atoms with E-state index in [2.05, 4.69) is 5.32 Å². The Hall–Kier alpha value is -1.88.